The SMILES string of the molecule is C=CC(=O)N1CCn2nc(-c3nc(-c4cnc5c(c4)CN(CCO)CC5)c4ccsc4c3-c3c(F)cc(F)cc3OCCOC)cc2[C@H]1C. The first-order chi connectivity index (χ1) is 23.8. The number of fused-ring (bicyclic) bond motifs is 3. The summed E-state index contributed by atoms with van der Waals surface area (Å²) in [5, 5.41) is 17.2. The minimum Gasteiger partial charge on any atom is -0.490 e. The number of hydrogen-bond acceptors (Lipinski definition) is 9. The summed E-state index contributed by atoms with van der Waals surface area (Å²) < 4.78 is 44.5. The van der Waals surface area contributed by atoms with Crippen molar-refractivity contribution in [3.05, 3.63) is 83.1 Å². The van der Waals surface area contributed by atoms with Crippen molar-refractivity contribution >= 4 is 27.3 Å². The molecular formula is C36H36F2N6O4S. The largest absolute Gasteiger partial charge is 0.490 e. The van der Waals surface area contributed by atoms with Crippen LogP contribution in [0.5, 0.6) is 5.75 Å². The van der Waals surface area contributed by atoms with E-state index in [1.165, 1.54) is 30.6 Å². The maximum Gasteiger partial charge on any atom is 0.246 e. The van der Waals surface area contributed by atoms with Gasteiger partial charge in [0, 0.05) is 84.9 Å². The van der Waals surface area contributed by atoms with E-state index in [9.17, 15) is 14.3 Å². The summed E-state index contributed by atoms with van der Waals surface area (Å²) >= 11 is 1.42. The first-order valence-corrected chi connectivity index (χ1v) is 17.0. The van der Waals surface area contributed by atoms with Crippen LogP contribution in [0.3, 0.4) is 0 Å². The van der Waals surface area contributed by atoms with Crippen LogP contribution in [-0.4, -0.2) is 87.1 Å². The second-order valence-corrected chi connectivity index (χ2v) is 13.0. The van der Waals surface area contributed by atoms with Crippen LogP contribution in [0.4, 0.5) is 8.78 Å². The lowest BCUT2D eigenvalue weighted by molar-refractivity contribution is -0.129. The van der Waals surface area contributed by atoms with Crippen molar-refractivity contribution < 1.29 is 28.2 Å². The Hall–Kier alpha value is -4.56. The number of aliphatic hydroxyl groups excluding tert-OH is 1. The number of aromatic nitrogens is 4. The molecule has 254 valence electrons. The lowest BCUT2D eigenvalue weighted by Crippen LogP contribution is -2.40. The number of carbonyl (C=O) groups is 1. The molecule has 2 aliphatic heterocycles. The Labute approximate surface area is 286 Å². The number of amides is 1. The number of benzene rings is 1. The van der Waals surface area contributed by atoms with Crippen molar-refractivity contribution in [3.63, 3.8) is 0 Å². The minimum absolute atomic E-state index is 0.0274. The molecule has 1 N–H and O–H groups in total. The van der Waals surface area contributed by atoms with Gasteiger partial charge in [-0.3, -0.25) is 19.4 Å². The highest BCUT2D eigenvalue weighted by molar-refractivity contribution is 7.18. The molecule has 0 fully saturated rings. The zero-order chi connectivity index (χ0) is 34.2. The van der Waals surface area contributed by atoms with E-state index in [1.807, 2.05) is 35.3 Å². The van der Waals surface area contributed by atoms with E-state index in [-0.39, 0.29) is 43.1 Å². The predicted molar refractivity (Wildman–Crippen MR) is 183 cm³/mol. The number of pyridine rings is 2. The normalized spacial score (nSPS) is 16.1. The molecule has 6 heterocycles. The molecule has 0 bridgehead atoms. The van der Waals surface area contributed by atoms with Crippen LogP contribution in [0.15, 0.2) is 54.6 Å². The Bertz CT molecular complexity index is 2060. The monoisotopic (exact) mass is 686 g/mol. The highest BCUT2D eigenvalue weighted by Gasteiger charge is 2.31. The average Bonchev–Trinajstić information content (AvgIpc) is 3.76. The Morgan fingerprint density at radius 2 is 2.00 bits per heavy atom. The standard InChI is InChI=1S/C36H36F2N6O4S/c1-4-31(46)43-8-9-44-29(21(43)2)18-28(41-44)35-33(32-26(38)16-24(37)17-30(32)48-13-12-47-3)36-25(6-14-49-36)34(40-35)22-15-23-20-42(10-11-45)7-5-27(23)39-19-22/h4,6,14-19,21,45H,1,5,7-13,20H2,2-3H3/t21-/m1/s1. The molecule has 49 heavy (non-hydrogen) atoms. The Morgan fingerprint density at radius 3 is 2.80 bits per heavy atom. The molecule has 1 aromatic carbocycles. The molecule has 1 amide bonds. The van der Waals surface area contributed by atoms with Crippen LogP contribution >= 0.6 is 11.3 Å². The van der Waals surface area contributed by atoms with E-state index >= 15 is 4.39 Å². The summed E-state index contributed by atoms with van der Waals surface area (Å²) in [5.74, 6) is -1.71. The molecule has 0 aliphatic carbocycles. The van der Waals surface area contributed by atoms with E-state index in [4.69, 9.17) is 24.5 Å². The first kappa shape index (κ1) is 33.0. The van der Waals surface area contributed by atoms with Gasteiger partial charge >= 0.3 is 0 Å². The van der Waals surface area contributed by atoms with Gasteiger partial charge in [0.25, 0.3) is 0 Å². The fraction of sp³-hybridized carbons (Fsp3) is 0.333. The zero-order valence-electron chi connectivity index (χ0n) is 27.3. The highest BCUT2D eigenvalue weighted by atomic mass is 32.1. The summed E-state index contributed by atoms with van der Waals surface area (Å²) in [5.41, 5.74) is 5.68. The second-order valence-electron chi connectivity index (χ2n) is 12.1. The smallest absolute Gasteiger partial charge is 0.246 e. The molecule has 0 saturated heterocycles. The van der Waals surface area contributed by atoms with E-state index in [2.05, 4.69) is 17.5 Å². The summed E-state index contributed by atoms with van der Waals surface area (Å²) in [6.07, 6.45) is 3.90. The van der Waals surface area contributed by atoms with Crippen molar-refractivity contribution in [2.24, 2.45) is 0 Å². The maximum absolute atomic E-state index is 16.1. The minimum atomic E-state index is -0.794. The van der Waals surface area contributed by atoms with E-state index in [1.54, 1.807) is 4.90 Å². The predicted octanol–water partition coefficient (Wildman–Crippen LogP) is 5.63. The second kappa shape index (κ2) is 13.7. The number of methoxy groups -OCH3 is 1. The van der Waals surface area contributed by atoms with Crippen LogP contribution in [0.2, 0.25) is 0 Å². The van der Waals surface area contributed by atoms with Crippen LogP contribution in [-0.2, 0) is 29.0 Å². The third kappa shape index (κ3) is 6.12. The van der Waals surface area contributed by atoms with Gasteiger partial charge in [-0.05, 0) is 42.1 Å². The summed E-state index contributed by atoms with van der Waals surface area (Å²) in [7, 11) is 1.53. The van der Waals surface area contributed by atoms with Crippen molar-refractivity contribution in [1.29, 1.82) is 0 Å². The number of carbonyl (C=O) groups excluding carboxylic acids is 1. The molecule has 0 spiro atoms. The third-order valence-corrected chi connectivity index (χ3v) is 10.1. The van der Waals surface area contributed by atoms with Crippen LogP contribution < -0.4 is 4.74 Å². The lowest BCUT2D eigenvalue weighted by Gasteiger charge is -2.33. The maximum atomic E-state index is 16.1. The van der Waals surface area contributed by atoms with Crippen LogP contribution in [0.1, 0.15) is 29.9 Å². The van der Waals surface area contributed by atoms with Crippen molar-refractivity contribution in [3.8, 4) is 39.5 Å². The zero-order valence-corrected chi connectivity index (χ0v) is 28.1. The van der Waals surface area contributed by atoms with Gasteiger partial charge in [-0.15, -0.1) is 11.3 Å². The Kier molecular flexibility index (Phi) is 9.25. The molecule has 1 atom stereocenters. The number of aliphatic hydroxyl groups is 1. The molecular weight excluding hydrogens is 650 g/mol. The average molecular weight is 687 g/mol. The highest BCUT2D eigenvalue weighted by Crippen LogP contribution is 2.47. The van der Waals surface area contributed by atoms with Gasteiger partial charge in [-0.25, -0.2) is 13.8 Å². The summed E-state index contributed by atoms with van der Waals surface area (Å²) in [4.78, 5) is 26.6. The molecule has 0 saturated carbocycles. The van der Waals surface area contributed by atoms with Gasteiger partial charge in [0.1, 0.15) is 35.4 Å². The molecule has 13 heteroatoms. The van der Waals surface area contributed by atoms with Crippen molar-refractivity contribution in [1.82, 2.24) is 29.5 Å². The number of β-amino-alcohol motifs (C(OH)–C–C–N with tert-alkyl or cyclic N) is 1. The van der Waals surface area contributed by atoms with Gasteiger partial charge in [0.15, 0.2) is 0 Å². The molecule has 10 nitrogen and oxygen atoms in total. The summed E-state index contributed by atoms with van der Waals surface area (Å²) in [6, 6.07) is 7.64. The Morgan fingerprint density at radius 1 is 1.14 bits per heavy atom. The molecule has 5 aromatic rings. The van der Waals surface area contributed by atoms with Crippen molar-refractivity contribution in [2.45, 2.75) is 32.5 Å². The number of nitrogens with zero attached hydrogens (tertiary/aromatic N) is 6. The van der Waals surface area contributed by atoms with Gasteiger partial charge < -0.3 is 19.5 Å². The number of ether oxygens (including phenoxy) is 2. The summed E-state index contributed by atoms with van der Waals surface area (Å²) in [6.45, 7) is 8.93. The van der Waals surface area contributed by atoms with Crippen LogP contribution in [0.25, 0.3) is 43.9 Å². The van der Waals surface area contributed by atoms with Crippen LogP contribution in [0, 0.1) is 11.6 Å². The lowest BCUT2D eigenvalue weighted by atomic mass is 9.95. The third-order valence-electron chi connectivity index (χ3n) is 9.19. The first-order valence-electron chi connectivity index (χ1n) is 16.2. The fourth-order valence-electron chi connectivity index (χ4n) is 6.79. The number of hydrogen-bond donors (Lipinski definition) is 1. The molecule has 2 aliphatic rings. The van der Waals surface area contributed by atoms with E-state index in [0.29, 0.717) is 48.8 Å². The van der Waals surface area contributed by atoms with Crippen molar-refractivity contribution in [2.75, 3.05) is 46.6 Å². The van der Waals surface area contributed by atoms with Gasteiger partial charge in [0.2, 0.25) is 5.91 Å². The van der Waals surface area contributed by atoms with E-state index in [0.717, 1.165) is 51.6 Å². The Balaban J connectivity index is 1.46. The van der Waals surface area contributed by atoms with Gasteiger partial charge in [-0.1, -0.05) is 6.58 Å². The topological polar surface area (TPSA) is 106 Å². The van der Waals surface area contributed by atoms with E-state index < -0.39 is 11.6 Å². The number of thiophene rings is 1. The number of rotatable bonds is 10. The van der Waals surface area contributed by atoms with Gasteiger partial charge in [0.05, 0.1) is 42.8 Å². The fourth-order valence-corrected chi connectivity index (χ4v) is 7.73. The molecule has 4 aromatic heterocycles. The number of halogens is 2. The molecule has 0 unspecified atom stereocenters. The molecule has 7 rings (SSSR count). The van der Waals surface area contributed by atoms with Gasteiger partial charge in [-0.2, -0.15) is 5.10 Å². The molecule has 0 radical (unpaired) electrons. The quantitative estimate of drug-likeness (QED) is 0.149.